The second kappa shape index (κ2) is 4.75. The van der Waals surface area contributed by atoms with Crippen molar-refractivity contribution in [1.29, 1.82) is 0 Å². The molecule has 3 fully saturated rings. The van der Waals surface area contributed by atoms with Crippen molar-refractivity contribution in [3.8, 4) is 0 Å². The van der Waals surface area contributed by atoms with Gasteiger partial charge in [0.2, 0.25) is 0 Å². The predicted octanol–water partition coefficient (Wildman–Crippen LogP) is 2.08. The topological polar surface area (TPSA) is 52.6 Å². The zero-order valence-corrected chi connectivity index (χ0v) is 11.7. The van der Waals surface area contributed by atoms with Crippen molar-refractivity contribution in [3.05, 3.63) is 35.9 Å². The van der Waals surface area contributed by atoms with Crippen molar-refractivity contribution in [2.75, 3.05) is 6.61 Å². The minimum atomic E-state index is -0.444. The van der Waals surface area contributed by atoms with Crippen LogP contribution in [0.5, 0.6) is 0 Å². The Morgan fingerprint density at radius 3 is 2.76 bits per heavy atom. The summed E-state index contributed by atoms with van der Waals surface area (Å²) in [6, 6.07) is 9.83. The van der Waals surface area contributed by atoms with Crippen molar-refractivity contribution in [2.24, 2.45) is 11.8 Å². The minimum absolute atomic E-state index is 0.0473. The van der Waals surface area contributed by atoms with Crippen LogP contribution in [0.1, 0.15) is 30.9 Å². The van der Waals surface area contributed by atoms with Gasteiger partial charge in [0, 0.05) is 31.8 Å². The Labute approximate surface area is 123 Å². The maximum absolute atomic E-state index is 12.0. The van der Waals surface area contributed by atoms with Gasteiger partial charge in [-0.05, 0) is 5.56 Å². The van der Waals surface area contributed by atoms with Crippen LogP contribution in [0.25, 0.3) is 0 Å². The molecule has 21 heavy (non-hydrogen) atoms. The van der Waals surface area contributed by atoms with Gasteiger partial charge in [-0.25, -0.2) is 0 Å². The number of aldehydes is 1. The van der Waals surface area contributed by atoms with Crippen molar-refractivity contribution >= 4 is 12.1 Å². The highest BCUT2D eigenvalue weighted by atomic mass is 16.6. The fourth-order valence-corrected chi connectivity index (χ4v) is 4.34. The molecule has 110 valence electrons. The summed E-state index contributed by atoms with van der Waals surface area (Å²) in [6.07, 6.45) is 2.17. The summed E-state index contributed by atoms with van der Waals surface area (Å²) in [6.45, 7) is 0.613. The van der Waals surface area contributed by atoms with E-state index in [1.165, 1.54) is 0 Å². The lowest BCUT2D eigenvalue weighted by Gasteiger charge is -2.38. The van der Waals surface area contributed by atoms with Crippen LogP contribution >= 0.6 is 0 Å². The lowest BCUT2D eigenvalue weighted by atomic mass is 9.68. The average Bonchev–Trinajstić information content (AvgIpc) is 3.05. The van der Waals surface area contributed by atoms with Crippen LogP contribution in [0.3, 0.4) is 0 Å². The fraction of sp³-hybridized carbons (Fsp3) is 0.529. The Balaban J connectivity index is 1.76. The first-order valence-corrected chi connectivity index (χ1v) is 7.56. The van der Waals surface area contributed by atoms with Crippen LogP contribution in [0.4, 0.5) is 0 Å². The van der Waals surface area contributed by atoms with Crippen LogP contribution in [0, 0.1) is 11.8 Å². The second-order valence-electron chi connectivity index (χ2n) is 6.28. The Bertz CT molecular complexity index is 569. The Kier molecular flexibility index (Phi) is 2.98. The van der Waals surface area contributed by atoms with Crippen LogP contribution in [-0.2, 0) is 19.1 Å². The molecule has 0 N–H and O–H groups in total. The van der Waals surface area contributed by atoms with E-state index >= 15 is 0 Å². The van der Waals surface area contributed by atoms with E-state index in [2.05, 4.69) is 0 Å². The number of rotatable bonds is 2. The van der Waals surface area contributed by atoms with Gasteiger partial charge in [0.25, 0.3) is 0 Å². The number of hydrogen-bond acceptors (Lipinski definition) is 4. The summed E-state index contributed by atoms with van der Waals surface area (Å²) in [5.41, 5.74) is 0.566. The molecule has 4 nitrogen and oxygen atoms in total. The molecule has 5 atom stereocenters. The monoisotopic (exact) mass is 286 g/mol. The summed E-state index contributed by atoms with van der Waals surface area (Å²) in [7, 11) is 0. The number of Topliss-reactive ketones (excluding diaryl/α,β-unsaturated/α-hetero) is 1. The molecular weight excluding hydrogens is 268 g/mol. The highest BCUT2D eigenvalue weighted by Gasteiger charge is 2.63. The number of benzene rings is 1. The molecule has 3 aliphatic rings. The molecular formula is C17H18O4. The van der Waals surface area contributed by atoms with Crippen LogP contribution in [0.15, 0.2) is 30.3 Å². The summed E-state index contributed by atoms with van der Waals surface area (Å²) < 4.78 is 12.2. The molecule has 2 saturated heterocycles. The quantitative estimate of drug-likeness (QED) is 0.781. The van der Waals surface area contributed by atoms with Gasteiger partial charge in [-0.2, -0.15) is 0 Å². The molecule has 1 saturated carbocycles. The number of carbonyl (C=O) groups excluding carboxylic acids is 2. The third-order valence-corrected chi connectivity index (χ3v) is 5.29. The molecule has 1 aromatic rings. The Morgan fingerprint density at radius 1 is 1.19 bits per heavy atom. The number of ether oxygens (including phenoxy) is 2. The normalized spacial score (nSPS) is 41.6. The molecule has 2 heterocycles. The lowest BCUT2D eigenvalue weighted by Crippen LogP contribution is -2.50. The maximum atomic E-state index is 12.0. The third kappa shape index (κ3) is 1.82. The molecule has 0 aromatic heterocycles. The van der Waals surface area contributed by atoms with E-state index in [4.69, 9.17) is 9.47 Å². The van der Waals surface area contributed by atoms with E-state index in [0.717, 1.165) is 18.3 Å². The number of carbonyl (C=O) groups is 2. The highest BCUT2D eigenvalue weighted by molar-refractivity contribution is 5.81. The van der Waals surface area contributed by atoms with Crippen molar-refractivity contribution in [3.63, 3.8) is 0 Å². The van der Waals surface area contributed by atoms with E-state index in [9.17, 15) is 9.59 Å². The summed E-state index contributed by atoms with van der Waals surface area (Å²) in [4.78, 5) is 23.7. The first kappa shape index (κ1) is 13.2. The molecule has 2 aliphatic heterocycles. The summed E-state index contributed by atoms with van der Waals surface area (Å²) in [5, 5.41) is 0. The Morgan fingerprint density at radius 2 is 2.00 bits per heavy atom. The standard InChI is InChI=1S/C17H18O4/c18-10-13-14-8-12(19)9-15-17(14,6-7-20-15)21-16(13)11-4-2-1-3-5-11/h1-5,10,13-16H,6-9H2/t13-,14-,15+,16-,17+/m1/s1. The molecule has 1 spiro atoms. The Hall–Kier alpha value is -1.52. The van der Waals surface area contributed by atoms with Crippen LogP contribution < -0.4 is 0 Å². The molecule has 1 aliphatic carbocycles. The van der Waals surface area contributed by atoms with Gasteiger partial charge in [0.15, 0.2) is 0 Å². The fourth-order valence-electron chi connectivity index (χ4n) is 4.34. The molecule has 0 unspecified atom stereocenters. The number of hydrogen-bond donors (Lipinski definition) is 0. The summed E-state index contributed by atoms with van der Waals surface area (Å²) in [5.74, 6) is -0.124. The van der Waals surface area contributed by atoms with E-state index in [1.807, 2.05) is 30.3 Å². The summed E-state index contributed by atoms with van der Waals surface area (Å²) >= 11 is 0. The highest BCUT2D eigenvalue weighted by Crippen LogP contribution is 2.57. The van der Waals surface area contributed by atoms with Gasteiger partial charge in [-0.15, -0.1) is 0 Å². The molecule has 0 radical (unpaired) electrons. The first-order valence-electron chi connectivity index (χ1n) is 7.56. The van der Waals surface area contributed by atoms with Gasteiger partial charge in [0.05, 0.1) is 18.1 Å². The smallest absolute Gasteiger partial charge is 0.136 e. The number of ketones is 1. The maximum Gasteiger partial charge on any atom is 0.136 e. The van der Waals surface area contributed by atoms with Crippen molar-refractivity contribution < 1.29 is 19.1 Å². The van der Waals surface area contributed by atoms with Crippen LogP contribution in [0.2, 0.25) is 0 Å². The van der Waals surface area contributed by atoms with Gasteiger partial charge < -0.3 is 14.3 Å². The van der Waals surface area contributed by atoms with E-state index in [0.29, 0.717) is 19.4 Å². The van der Waals surface area contributed by atoms with Gasteiger partial charge in [0.1, 0.15) is 17.7 Å². The first-order chi connectivity index (χ1) is 10.2. The largest absolute Gasteiger partial charge is 0.375 e. The molecule has 4 rings (SSSR count). The lowest BCUT2D eigenvalue weighted by molar-refractivity contribution is -0.145. The molecule has 1 aromatic carbocycles. The molecule has 4 heteroatoms. The predicted molar refractivity (Wildman–Crippen MR) is 74.6 cm³/mol. The van der Waals surface area contributed by atoms with E-state index in [-0.39, 0.29) is 29.8 Å². The SMILES string of the molecule is O=C[C@H]1[C@@H](c2ccccc2)O[C@]23CCO[C@H]2CC(=O)C[C@H]13. The van der Waals surface area contributed by atoms with E-state index in [1.54, 1.807) is 0 Å². The second-order valence-corrected chi connectivity index (χ2v) is 6.28. The van der Waals surface area contributed by atoms with E-state index < -0.39 is 5.60 Å². The van der Waals surface area contributed by atoms with Crippen molar-refractivity contribution in [2.45, 2.75) is 37.1 Å². The third-order valence-electron chi connectivity index (χ3n) is 5.29. The van der Waals surface area contributed by atoms with Gasteiger partial charge in [-0.1, -0.05) is 30.3 Å². The average molecular weight is 286 g/mol. The van der Waals surface area contributed by atoms with Gasteiger partial charge >= 0.3 is 0 Å². The minimum Gasteiger partial charge on any atom is -0.375 e. The van der Waals surface area contributed by atoms with Gasteiger partial charge in [-0.3, -0.25) is 4.79 Å². The van der Waals surface area contributed by atoms with Crippen molar-refractivity contribution in [1.82, 2.24) is 0 Å². The molecule has 0 bridgehead atoms. The van der Waals surface area contributed by atoms with Crippen LogP contribution in [-0.4, -0.2) is 30.4 Å². The molecule has 0 amide bonds. The zero-order valence-electron chi connectivity index (χ0n) is 11.7. The zero-order chi connectivity index (χ0) is 14.4.